The number of fused-ring (bicyclic) bond motifs is 1. The number of nitrogens with one attached hydrogen (secondary N) is 2. The summed E-state index contributed by atoms with van der Waals surface area (Å²) in [5.74, 6) is 2.58. The molecule has 2 aliphatic heterocycles. The number of hydrogen-bond acceptors (Lipinski definition) is 3. The number of nitrogens with zero attached hydrogens (tertiary/aromatic N) is 1. The first-order chi connectivity index (χ1) is 11.1. The van der Waals surface area contributed by atoms with E-state index in [-0.39, 0.29) is 18.0 Å². The Labute approximate surface area is 135 Å². The van der Waals surface area contributed by atoms with Crippen LogP contribution < -0.4 is 10.6 Å². The van der Waals surface area contributed by atoms with Gasteiger partial charge in [0.2, 0.25) is 0 Å². The fraction of sp³-hybridized carbons (Fsp3) is 0.444. The summed E-state index contributed by atoms with van der Waals surface area (Å²) in [6, 6.07) is 5.59. The molecule has 1 spiro atoms. The molecule has 1 aromatic rings. The highest BCUT2D eigenvalue weighted by Gasteiger charge is 2.53. The molecular weight excluding hydrogens is 290 g/mol. The van der Waals surface area contributed by atoms with Crippen LogP contribution in [0.4, 0.5) is 4.79 Å². The van der Waals surface area contributed by atoms with E-state index < -0.39 is 5.54 Å². The third-order valence-corrected chi connectivity index (χ3v) is 5.30. The van der Waals surface area contributed by atoms with Crippen molar-refractivity contribution in [2.45, 2.75) is 37.3 Å². The minimum atomic E-state index is -0.693. The van der Waals surface area contributed by atoms with Crippen molar-refractivity contribution in [3.8, 4) is 12.3 Å². The van der Waals surface area contributed by atoms with Gasteiger partial charge in [0.05, 0.1) is 0 Å². The molecule has 3 aliphatic rings. The van der Waals surface area contributed by atoms with Gasteiger partial charge in [-0.2, -0.15) is 0 Å². The molecule has 2 saturated heterocycles. The van der Waals surface area contributed by atoms with E-state index in [0.29, 0.717) is 25.7 Å². The van der Waals surface area contributed by atoms with Crippen LogP contribution in [0.5, 0.6) is 0 Å². The summed E-state index contributed by atoms with van der Waals surface area (Å²) in [6.07, 6.45) is 8.19. The maximum atomic E-state index is 12.9. The number of carbonyl (C=O) groups is 2. The van der Waals surface area contributed by atoms with Crippen molar-refractivity contribution < 1.29 is 9.59 Å². The predicted octanol–water partition coefficient (Wildman–Crippen LogP) is 0.809. The average Bonchev–Trinajstić information content (AvgIpc) is 3.06. The number of amides is 3. The third kappa shape index (κ3) is 2.13. The van der Waals surface area contributed by atoms with E-state index in [4.69, 9.17) is 6.42 Å². The first kappa shape index (κ1) is 14.3. The van der Waals surface area contributed by atoms with Gasteiger partial charge >= 0.3 is 6.03 Å². The number of carbonyl (C=O) groups excluding carboxylic acids is 2. The minimum absolute atomic E-state index is 0.0565. The Bertz CT molecular complexity index is 728. The van der Waals surface area contributed by atoms with Gasteiger partial charge in [0.25, 0.3) is 5.91 Å². The van der Waals surface area contributed by atoms with Crippen molar-refractivity contribution in [2.24, 2.45) is 0 Å². The lowest BCUT2D eigenvalue weighted by atomic mass is 9.88. The second kappa shape index (κ2) is 5.10. The summed E-state index contributed by atoms with van der Waals surface area (Å²) >= 11 is 0. The lowest BCUT2D eigenvalue weighted by molar-refractivity contribution is -0.133. The van der Waals surface area contributed by atoms with Gasteiger partial charge in [-0.1, -0.05) is 12.0 Å². The molecule has 2 N–H and O–H groups in total. The summed E-state index contributed by atoms with van der Waals surface area (Å²) in [6.45, 7) is 1.52. The molecule has 23 heavy (non-hydrogen) atoms. The molecule has 118 valence electrons. The van der Waals surface area contributed by atoms with Gasteiger partial charge in [-0.25, -0.2) is 4.79 Å². The fourth-order valence-corrected chi connectivity index (χ4v) is 4.03. The van der Waals surface area contributed by atoms with E-state index in [9.17, 15) is 9.59 Å². The maximum absolute atomic E-state index is 12.9. The van der Waals surface area contributed by atoms with Crippen LogP contribution in [0.2, 0.25) is 0 Å². The van der Waals surface area contributed by atoms with Crippen LogP contribution in [0, 0.1) is 12.3 Å². The summed E-state index contributed by atoms with van der Waals surface area (Å²) in [5, 5.41) is 6.20. The van der Waals surface area contributed by atoms with Crippen molar-refractivity contribution in [1.29, 1.82) is 0 Å². The number of imide groups is 1. The van der Waals surface area contributed by atoms with Crippen molar-refractivity contribution in [3.63, 3.8) is 0 Å². The van der Waals surface area contributed by atoms with Crippen molar-refractivity contribution >= 4 is 11.9 Å². The molecule has 5 nitrogen and oxygen atoms in total. The quantitative estimate of drug-likeness (QED) is 0.596. The van der Waals surface area contributed by atoms with Crippen LogP contribution in [-0.2, 0) is 17.6 Å². The summed E-state index contributed by atoms with van der Waals surface area (Å²) in [4.78, 5) is 26.9. The summed E-state index contributed by atoms with van der Waals surface area (Å²) in [7, 11) is 0. The van der Waals surface area contributed by atoms with E-state index >= 15 is 0 Å². The average molecular weight is 309 g/mol. The Kier molecular flexibility index (Phi) is 3.17. The Morgan fingerprint density at radius 3 is 2.65 bits per heavy atom. The number of urea groups is 1. The molecule has 0 radical (unpaired) electrons. The molecule has 3 amide bonds. The molecule has 2 fully saturated rings. The normalized spacial score (nSPS) is 25.3. The van der Waals surface area contributed by atoms with Crippen LogP contribution in [0.25, 0.3) is 0 Å². The van der Waals surface area contributed by atoms with Gasteiger partial charge < -0.3 is 10.6 Å². The topological polar surface area (TPSA) is 61.4 Å². The summed E-state index contributed by atoms with van der Waals surface area (Å²) in [5.41, 5.74) is 2.48. The van der Waals surface area contributed by atoms with Crippen molar-refractivity contribution in [2.75, 3.05) is 13.1 Å². The lowest BCUT2D eigenvalue weighted by Crippen LogP contribution is -2.54. The first-order valence-corrected chi connectivity index (χ1v) is 8.08. The van der Waals surface area contributed by atoms with Gasteiger partial charge in [0.15, 0.2) is 0 Å². The number of benzene rings is 1. The molecule has 1 aromatic carbocycles. The van der Waals surface area contributed by atoms with E-state index in [1.165, 1.54) is 10.5 Å². The van der Waals surface area contributed by atoms with Gasteiger partial charge in [-0.15, -0.1) is 6.42 Å². The summed E-state index contributed by atoms with van der Waals surface area (Å²) < 4.78 is 0. The van der Waals surface area contributed by atoms with Crippen LogP contribution in [0.3, 0.4) is 0 Å². The molecule has 0 saturated carbocycles. The molecule has 0 aromatic heterocycles. The fourth-order valence-electron chi connectivity index (χ4n) is 4.03. The Morgan fingerprint density at radius 1 is 1.17 bits per heavy atom. The van der Waals surface area contributed by atoms with Crippen molar-refractivity contribution in [3.05, 3.63) is 34.9 Å². The zero-order valence-electron chi connectivity index (χ0n) is 12.9. The monoisotopic (exact) mass is 309 g/mol. The molecule has 1 aliphatic carbocycles. The third-order valence-electron chi connectivity index (χ3n) is 5.30. The van der Waals surface area contributed by atoms with Crippen molar-refractivity contribution in [1.82, 2.24) is 15.5 Å². The van der Waals surface area contributed by atoms with Crippen LogP contribution >= 0.6 is 0 Å². The van der Waals surface area contributed by atoms with Crippen LogP contribution in [-0.4, -0.2) is 41.5 Å². The second-order valence-corrected chi connectivity index (χ2v) is 6.63. The minimum Gasteiger partial charge on any atom is -0.323 e. The molecular formula is C18H19N3O2. The molecule has 4 rings (SSSR count). The van der Waals surface area contributed by atoms with E-state index in [2.05, 4.69) is 16.6 Å². The largest absolute Gasteiger partial charge is 0.325 e. The molecule has 5 heteroatoms. The lowest BCUT2D eigenvalue weighted by Gasteiger charge is -2.31. The first-order valence-electron chi connectivity index (χ1n) is 8.08. The van der Waals surface area contributed by atoms with Crippen LogP contribution in [0.1, 0.15) is 29.5 Å². The highest BCUT2D eigenvalue weighted by atomic mass is 16.2. The zero-order chi connectivity index (χ0) is 16.0. The number of hydrogen-bond donors (Lipinski definition) is 2. The van der Waals surface area contributed by atoms with E-state index in [0.717, 1.165) is 24.2 Å². The van der Waals surface area contributed by atoms with Gasteiger partial charge in [0, 0.05) is 11.6 Å². The van der Waals surface area contributed by atoms with E-state index in [1.807, 2.05) is 18.2 Å². The highest BCUT2D eigenvalue weighted by Crippen LogP contribution is 2.33. The number of rotatable bonds is 1. The SMILES string of the molecule is C#Cc1ccc2c(c1)CC(N1C(=O)NC3(CCNCC3)C1=O)C2. The standard InChI is InChI=1S/C18H19N3O2/c1-2-12-3-4-13-10-15(11-14(13)9-12)21-16(22)18(20-17(21)23)5-7-19-8-6-18/h1,3-4,9,15,19H,5-8,10-11H2,(H,20,23). The number of piperidine rings is 1. The second-order valence-electron chi connectivity index (χ2n) is 6.63. The number of terminal acetylenes is 1. The van der Waals surface area contributed by atoms with Gasteiger partial charge in [0.1, 0.15) is 5.54 Å². The molecule has 1 atom stereocenters. The highest BCUT2D eigenvalue weighted by molar-refractivity contribution is 6.07. The van der Waals surface area contributed by atoms with Gasteiger partial charge in [-0.3, -0.25) is 9.69 Å². The Balaban J connectivity index is 1.59. The van der Waals surface area contributed by atoms with E-state index in [1.54, 1.807) is 0 Å². The maximum Gasteiger partial charge on any atom is 0.325 e. The molecule has 1 unspecified atom stereocenters. The molecule has 0 bridgehead atoms. The van der Waals surface area contributed by atoms with Crippen LogP contribution in [0.15, 0.2) is 18.2 Å². The molecule has 2 heterocycles. The predicted molar refractivity (Wildman–Crippen MR) is 85.8 cm³/mol. The zero-order valence-corrected chi connectivity index (χ0v) is 12.9. The smallest absolute Gasteiger partial charge is 0.323 e. The Morgan fingerprint density at radius 2 is 1.91 bits per heavy atom. The Hall–Kier alpha value is -2.32. The van der Waals surface area contributed by atoms with Gasteiger partial charge in [-0.05, 0) is 62.0 Å².